The van der Waals surface area contributed by atoms with E-state index in [1.54, 1.807) is 32.9 Å². The summed E-state index contributed by atoms with van der Waals surface area (Å²) in [4.78, 5) is 36.3. The summed E-state index contributed by atoms with van der Waals surface area (Å²) in [5.74, 6) is -0.707. The molecule has 1 rings (SSSR count). The van der Waals surface area contributed by atoms with E-state index in [9.17, 15) is 14.4 Å². The molecule has 1 aromatic carbocycles. The molecule has 0 atom stereocenters. The Bertz CT molecular complexity index is 877. The Balaban J connectivity index is 2.17. The molecule has 0 bridgehead atoms. The highest BCUT2D eigenvalue weighted by Crippen LogP contribution is 2.24. The second kappa shape index (κ2) is 17.9. The van der Waals surface area contributed by atoms with Gasteiger partial charge in [-0.2, -0.15) is 0 Å². The lowest BCUT2D eigenvalue weighted by Gasteiger charge is -2.21. The quantitative estimate of drug-likeness (QED) is 0.104. The SMILES string of the molecule is COC(=O)c1ccc(OCCCCCCCCCCCCCCC(=O)OC(C)(C)C)c(C(=O)OC(C)(C)C)c1. The third-order valence-corrected chi connectivity index (χ3v) is 5.97. The molecule has 0 saturated carbocycles. The number of carbonyl (C=O) groups is 3. The van der Waals surface area contributed by atoms with E-state index in [0.29, 0.717) is 18.8 Å². The van der Waals surface area contributed by atoms with Crippen LogP contribution in [0.4, 0.5) is 0 Å². The molecular weight excluding hydrogens is 496 g/mol. The van der Waals surface area contributed by atoms with E-state index >= 15 is 0 Å². The Hall–Kier alpha value is -2.57. The minimum atomic E-state index is -0.654. The molecule has 1 aromatic rings. The van der Waals surface area contributed by atoms with Crippen molar-refractivity contribution in [1.29, 1.82) is 0 Å². The second-order valence-electron chi connectivity index (χ2n) is 12.1. The van der Waals surface area contributed by atoms with Gasteiger partial charge in [0.1, 0.15) is 22.5 Å². The summed E-state index contributed by atoms with van der Waals surface area (Å²) < 4.78 is 21.5. The number of hydrogen-bond donors (Lipinski definition) is 0. The molecule has 222 valence electrons. The third-order valence-electron chi connectivity index (χ3n) is 5.97. The Labute approximate surface area is 236 Å². The number of carbonyl (C=O) groups excluding carboxylic acids is 3. The highest BCUT2D eigenvalue weighted by Gasteiger charge is 2.23. The Morgan fingerprint density at radius 2 is 1.13 bits per heavy atom. The number of ether oxygens (including phenoxy) is 4. The van der Waals surface area contributed by atoms with E-state index in [1.807, 2.05) is 20.8 Å². The van der Waals surface area contributed by atoms with Crippen LogP contribution in [-0.4, -0.2) is 42.8 Å². The molecule has 0 aliphatic heterocycles. The summed E-state index contributed by atoms with van der Waals surface area (Å²) in [6.45, 7) is 11.6. The van der Waals surface area contributed by atoms with E-state index in [4.69, 9.17) is 18.9 Å². The molecule has 0 spiro atoms. The van der Waals surface area contributed by atoms with E-state index in [1.165, 1.54) is 58.1 Å². The first-order valence-electron chi connectivity index (χ1n) is 14.6. The molecule has 7 heteroatoms. The maximum Gasteiger partial charge on any atom is 0.342 e. The van der Waals surface area contributed by atoms with Gasteiger partial charge in [-0.15, -0.1) is 0 Å². The van der Waals surface area contributed by atoms with Crippen molar-refractivity contribution in [1.82, 2.24) is 0 Å². The molecule has 0 aliphatic rings. The smallest absolute Gasteiger partial charge is 0.342 e. The molecule has 0 aromatic heterocycles. The van der Waals surface area contributed by atoms with Gasteiger partial charge in [-0.05, 0) is 72.6 Å². The first kappa shape index (κ1) is 34.5. The Morgan fingerprint density at radius 1 is 0.641 bits per heavy atom. The van der Waals surface area contributed by atoms with Crippen LogP contribution in [0.2, 0.25) is 0 Å². The highest BCUT2D eigenvalue weighted by molar-refractivity contribution is 5.97. The molecule has 0 amide bonds. The predicted molar refractivity (Wildman–Crippen MR) is 154 cm³/mol. The minimum Gasteiger partial charge on any atom is -0.493 e. The molecule has 7 nitrogen and oxygen atoms in total. The van der Waals surface area contributed by atoms with Crippen molar-refractivity contribution < 1.29 is 33.3 Å². The zero-order chi connectivity index (χ0) is 29.3. The lowest BCUT2D eigenvalue weighted by Crippen LogP contribution is -2.24. The van der Waals surface area contributed by atoms with Gasteiger partial charge in [0.25, 0.3) is 0 Å². The molecule has 0 radical (unpaired) electrons. The standard InChI is InChI=1S/C32H52O7/c1-31(2,3)38-28(33)20-18-16-14-12-10-8-9-11-13-15-17-19-23-37-27-22-21-25(29(34)36-7)24-26(27)30(35)39-32(4,5)6/h21-22,24H,8-20,23H2,1-7H3. The zero-order valence-electron chi connectivity index (χ0n) is 25.5. The van der Waals surface area contributed by atoms with Gasteiger partial charge in [-0.25, -0.2) is 9.59 Å². The molecule has 0 aliphatic carbocycles. The van der Waals surface area contributed by atoms with Crippen molar-refractivity contribution in [2.45, 2.75) is 136 Å². The number of esters is 3. The number of benzene rings is 1. The van der Waals surface area contributed by atoms with E-state index in [-0.39, 0.29) is 22.7 Å². The zero-order valence-corrected chi connectivity index (χ0v) is 25.5. The number of hydrogen-bond acceptors (Lipinski definition) is 7. The molecule has 0 fully saturated rings. The molecule has 0 saturated heterocycles. The fourth-order valence-electron chi connectivity index (χ4n) is 4.11. The van der Waals surface area contributed by atoms with Gasteiger partial charge in [0.2, 0.25) is 0 Å². The van der Waals surface area contributed by atoms with Gasteiger partial charge in [-0.3, -0.25) is 4.79 Å². The summed E-state index contributed by atoms with van der Waals surface area (Å²) in [5.41, 5.74) is -0.530. The summed E-state index contributed by atoms with van der Waals surface area (Å²) in [6, 6.07) is 4.70. The number of methoxy groups -OCH3 is 1. The van der Waals surface area contributed by atoms with E-state index < -0.39 is 17.5 Å². The normalized spacial score (nSPS) is 11.7. The van der Waals surface area contributed by atoms with E-state index in [2.05, 4.69) is 0 Å². The fraction of sp³-hybridized carbons (Fsp3) is 0.719. The monoisotopic (exact) mass is 548 g/mol. The maximum absolute atomic E-state index is 12.7. The number of rotatable bonds is 18. The first-order chi connectivity index (χ1) is 18.3. The van der Waals surface area contributed by atoms with Crippen LogP contribution < -0.4 is 4.74 Å². The van der Waals surface area contributed by atoms with Crippen LogP contribution in [0.15, 0.2) is 18.2 Å². The summed E-state index contributed by atoms with van der Waals surface area (Å²) in [6.07, 6.45) is 14.3. The van der Waals surface area contributed by atoms with Gasteiger partial charge in [-0.1, -0.05) is 64.2 Å². The van der Waals surface area contributed by atoms with Crippen molar-refractivity contribution >= 4 is 17.9 Å². The minimum absolute atomic E-state index is 0.0890. The van der Waals surface area contributed by atoms with Crippen LogP contribution in [-0.2, 0) is 19.0 Å². The van der Waals surface area contributed by atoms with Crippen molar-refractivity contribution in [3.63, 3.8) is 0 Å². The van der Waals surface area contributed by atoms with E-state index in [0.717, 1.165) is 32.1 Å². The van der Waals surface area contributed by atoms with Gasteiger partial charge >= 0.3 is 17.9 Å². The van der Waals surface area contributed by atoms with Crippen LogP contribution in [0.3, 0.4) is 0 Å². The van der Waals surface area contributed by atoms with Crippen molar-refractivity contribution in [2.24, 2.45) is 0 Å². The van der Waals surface area contributed by atoms with Crippen molar-refractivity contribution in [3.8, 4) is 5.75 Å². The van der Waals surface area contributed by atoms with Gasteiger partial charge in [0.15, 0.2) is 0 Å². The van der Waals surface area contributed by atoms with Gasteiger partial charge in [0.05, 0.1) is 19.3 Å². The predicted octanol–water partition coefficient (Wildman–Crippen LogP) is 8.22. The molecule has 0 unspecified atom stereocenters. The largest absolute Gasteiger partial charge is 0.493 e. The summed E-state index contributed by atoms with van der Waals surface area (Å²) >= 11 is 0. The lowest BCUT2D eigenvalue weighted by molar-refractivity contribution is -0.154. The molecule has 0 heterocycles. The lowest BCUT2D eigenvalue weighted by atomic mass is 10.0. The average molecular weight is 549 g/mol. The molecular formula is C32H52O7. The van der Waals surface area contributed by atoms with Gasteiger partial charge in [0, 0.05) is 6.42 Å². The van der Waals surface area contributed by atoms with Crippen LogP contribution >= 0.6 is 0 Å². The summed E-state index contributed by atoms with van der Waals surface area (Å²) in [7, 11) is 1.30. The Kier molecular flexibility index (Phi) is 15.8. The van der Waals surface area contributed by atoms with Crippen molar-refractivity contribution in [2.75, 3.05) is 13.7 Å². The summed E-state index contributed by atoms with van der Waals surface area (Å²) in [5, 5.41) is 0. The molecule has 0 N–H and O–H groups in total. The van der Waals surface area contributed by atoms with Crippen LogP contribution in [0.1, 0.15) is 146 Å². The second-order valence-corrected chi connectivity index (χ2v) is 12.1. The fourth-order valence-corrected chi connectivity index (χ4v) is 4.11. The topological polar surface area (TPSA) is 88.1 Å². The van der Waals surface area contributed by atoms with Crippen LogP contribution in [0.5, 0.6) is 5.75 Å². The molecule has 39 heavy (non-hydrogen) atoms. The first-order valence-corrected chi connectivity index (χ1v) is 14.6. The third kappa shape index (κ3) is 16.9. The van der Waals surface area contributed by atoms with Crippen LogP contribution in [0.25, 0.3) is 0 Å². The number of unbranched alkanes of at least 4 members (excludes halogenated alkanes) is 11. The van der Waals surface area contributed by atoms with Gasteiger partial charge < -0.3 is 18.9 Å². The van der Waals surface area contributed by atoms with Crippen molar-refractivity contribution in [3.05, 3.63) is 29.3 Å². The highest BCUT2D eigenvalue weighted by atomic mass is 16.6. The van der Waals surface area contributed by atoms with Crippen LogP contribution in [0, 0.1) is 0 Å². The average Bonchev–Trinajstić information content (AvgIpc) is 2.83. The Morgan fingerprint density at radius 3 is 1.62 bits per heavy atom. The maximum atomic E-state index is 12.7.